The van der Waals surface area contributed by atoms with Gasteiger partial charge in [-0.2, -0.15) is 0 Å². The maximum Gasteiger partial charge on any atom is 0.0724 e. The molecule has 0 aliphatic heterocycles. The molecule has 1 heterocycles. The largest absolute Gasteiger partial charge is 0.396 e. The highest BCUT2D eigenvalue weighted by Crippen LogP contribution is 2.30. The minimum Gasteiger partial charge on any atom is -0.396 e. The van der Waals surface area contributed by atoms with E-state index in [4.69, 9.17) is 5.73 Å². The number of nitrogen functional groups attached to an aromatic ring is 1. The monoisotopic (exact) mass is 215 g/mol. The number of aromatic nitrogens is 1. The molecule has 0 unspecified atom stereocenters. The lowest BCUT2D eigenvalue weighted by molar-refractivity contribution is 0.868. The summed E-state index contributed by atoms with van der Waals surface area (Å²) in [7, 11) is 0. The van der Waals surface area contributed by atoms with E-state index in [-0.39, 0.29) is 0 Å². The van der Waals surface area contributed by atoms with Crippen LogP contribution in [-0.4, -0.2) is 18.1 Å². The molecule has 2 aromatic rings. The molecule has 0 spiro atoms. The van der Waals surface area contributed by atoms with Crippen LogP contribution in [0.1, 0.15) is 13.8 Å². The summed E-state index contributed by atoms with van der Waals surface area (Å²) in [6.07, 6.45) is 1.79. The number of hydrogen-bond donors (Lipinski definition) is 1. The molecule has 0 fully saturated rings. The first-order valence-corrected chi connectivity index (χ1v) is 5.66. The molecule has 84 valence electrons. The Bertz CT molecular complexity index is 490. The maximum absolute atomic E-state index is 6.19. The van der Waals surface area contributed by atoms with Crippen molar-refractivity contribution >= 4 is 22.3 Å². The van der Waals surface area contributed by atoms with Crippen LogP contribution in [0.3, 0.4) is 0 Å². The molecule has 0 saturated heterocycles. The fourth-order valence-electron chi connectivity index (χ4n) is 2.00. The third kappa shape index (κ3) is 1.69. The van der Waals surface area contributed by atoms with Gasteiger partial charge in [-0.1, -0.05) is 0 Å². The van der Waals surface area contributed by atoms with Crippen molar-refractivity contribution < 1.29 is 0 Å². The highest BCUT2D eigenvalue weighted by Gasteiger charge is 2.09. The van der Waals surface area contributed by atoms with E-state index in [1.54, 1.807) is 6.20 Å². The van der Waals surface area contributed by atoms with Crippen molar-refractivity contribution in [3.05, 3.63) is 30.5 Å². The summed E-state index contributed by atoms with van der Waals surface area (Å²) in [6, 6.07) is 8.02. The number of nitrogens with zero attached hydrogens (tertiary/aromatic N) is 2. The van der Waals surface area contributed by atoms with Crippen LogP contribution in [0.5, 0.6) is 0 Å². The predicted molar refractivity (Wildman–Crippen MR) is 69.7 cm³/mol. The minimum atomic E-state index is 0.828. The molecule has 1 aromatic carbocycles. The van der Waals surface area contributed by atoms with Gasteiger partial charge in [0.1, 0.15) is 0 Å². The average molecular weight is 215 g/mol. The molecule has 3 nitrogen and oxygen atoms in total. The van der Waals surface area contributed by atoms with E-state index in [1.807, 2.05) is 18.2 Å². The predicted octanol–water partition coefficient (Wildman–Crippen LogP) is 2.66. The van der Waals surface area contributed by atoms with Crippen molar-refractivity contribution in [3.8, 4) is 0 Å². The summed E-state index contributed by atoms with van der Waals surface area (Å²) in [5.74, 6) is 0. The molecule has 0 aliphatic carbocycles. The fraction of sp³-hybridized carbons (Fsp3) is 0.308. The standard InChI is InChI=1S/C13H17N3/c1-3-16(4-2)12-8-7-11-10(13(12)14)6-5-9-15-11/h5-9H,3-4,14H2,1-2H3. The molecule has 3 heteroatoms. The zero-order valence-corrected chi connectivity index (χ0v) is 9.77. The molecule has 0 amide bonds. The van der Waals surface area contributed by atoms with Gasteiger partial charge in [-0.25, -0.2) is 0 Å². The van der Waals surface area contributed by atoms with E-state index in [1.165, 1.54) is 0 Å². The van der Waals surface area contributed by atoms with Crippen LogP contribution in [0.2, 0.25) is 0 Å². The quantitative estimate of drug-likeness (QED) is 0.800. The Hall–Kier alpha value is -1.77. The van der Waals surface area contributed by atoms with E-state index in [0.29, 0.717) is 0 Å². The molecule has 0 atom stereocenters. The SMILES string of the molecule is CCN(CC)c1ccc2ncccc2c1N. The van der Waals surface area contributed by atoms with Crippen LogP contribution in [0.4, 0.5) is 11.4 Å². The molecule has 2 rings (SSSR count). The van der Waals surface area contributed by atoms with Crippen LogP contribution in [-0.2, 0) is 0 Å². The van der Waals surface area contributed by atoms with Gasteiger partial charge in [0.25, 0.3) is 0 Å². The van der Waals surface area contributed by atoms with Gasteiger partial charge in [0, 0.05) is 24.7 Å². The van der Waals surface area contributed by atoms with E-state index in [2.05, 4.69) is 29.8 Å². The topological polar surface area (TPSA) is 42.2 Å². The number of pyridine rings is 1. The Morgan fingerprint density at radius 2 is 1.94 bits per heavy atom. The van der Waals surface area contributed by atoms with Crippen molar-refractivity contribution in [3.63, 3.8) is 0 Å². The van der Waals surface area contributed by atoms with Crippen molar-refractivity contribution in [1.29, 1.82) is 0 Å². The van der Waals surface area contributed by atoms with Crippen LogP contribution in [0, 0.1) is 0 Å². The van der Waals surface area contributed by atoms with Gasteiger partial charge in [0.2, 0.25) is 0 Å². The first-order valence-electron chi connectivity index (χ1n) is 5.66. The first-order chi connectivity index (χ1) is 7.77. The second kappa shape index (κ2) is 4.39. The molecule has 2 N–H and O–H groups in total. The number of hydrogen-bond acceptors (Lipinski definition) is 3. The van der Waals surface area contributed by atoms with Gasteiger partial charge in [-0.15, -0.1) is 0 Å². The van der Waals surface area contributed by atoms with Crippen LogP contribution < -0.4 is 10.6 Å². The molecule has 16 heavy (non-hydrogen) atoms. The lowest BCUT2D eigenvalue weighted by atomic mass is 10.1. The second-order valence-electron chi connectivity index (χ2n) is 3.74. The Morgan fingerprint density at radius 3 is 2.62 bits per heavy atom. The number of fused-ring (bicyclic) bond motifs is 1. The van der Waals surface area contributed by atoms with Crippen LogP contribution >= 0.6 is 0 Å². The third-order valence-corrected chi connectivity index (χ3v) is 2.91. The van der Waals surface area contributed by atoms with Gasteiger partial charge in [-0.3, -0.25) is 4.98 Å². The van der Waals surface area contributed by atoms with Gasteiger partial charge in [0.05, 0.1) is 16.9 Å². The Morgan fingerprint density at radius 1 is 1.19 bits per heavy atom. The van der Waals surface area contributed by atoms with Crippen molar-refractivity contribution in [2.45, 2.75) is 13.8 Å². The van der Waals surface area contributed by atoms with Crippen LogP contribution in [0.25, 0.3) is 10.9 Å². The Balaban J connectivity index is 2.60. The average Bonchev–Trinajstić information content (AvgIpc) is 2.34. The van der Waals surface area contributed by atoms with E-state index >= 15 is 0 Å². The summed E-state index contributed by atoms with van der Waals surface area (Å²) in [5.41, 5.74) is 9.07. The number of benzene rings is 1. The summed E-state index contributed by atoms with van der Waals surface area (Å²) in [4.78, 5) is 6.55. The molecular formula is C13H17N3. The highest BCUT2D eigenvalue weighted by atomic mass is 15.1. The van der Waals surface area contributed by atoms with Crippen molar-refractivity contribution in [2.24, 2.45) is 0 Å². The summed E-state index contributed by atoms with van der Waals surface area (Å²) < 4.78 is 0. The normalized spacial score (nSPS) is 10.6. The van der Waals surface area contributed by atoms with E-state index < -0.39 is 0 Å². The smallest absolute Gasteiger partial charge is 0.0724 e. The van der Waals surface area contributed by atoms with Gasteiger partial charge in [-0.05, 0) is 38.1 Å². The molecule has 1 aromatic heterocycles. The zero-order valence-electron chi connectivity index (χ0n) is 9.77. The van der Waals surface area contributed by atoms with E-state index in [0.717, 1.165) is 35.4 Å². The molecule has 0 bridgehead atoms. The van der Waals surface area contributed by atoms with Gasteiger partial charge < -0.3 is 10.6 Å². The molecule has 0 saturated carbocycles. The second-order valence-corrected chi connectivity index (χ2v) is 3.74. The Labute approximate surface area is 95.9 Å². The molecular weight excluding hydrogens is 198 g/mol. The number of anilines is 2. The zero-order chi connectivity index (χ0) is 11.5. The summed E-state index contributed by atoms with van der Waals surface area (Å²) in [5, 5.41) is 1.03. The maximum atomic E-state index is 6.19. The first kappa shape index (κ1) is 10.7. The van der Waals surface area contributed by atoms with Gasteiger partial charge >= 0.3 is 0 Å². The third-order valence-electron chi connectivity index (χ3n) is 2.91. The van der Waals surface area contributed by atoms with Crippen molar-refractivity contribution in [2.75, 3.05) is 23.7 Å². The van der Waals surface area contributed by atoms with E-state index in [9.17, 15) is 0 Å². The summed E-state index contributed by atoms with van der Waals surface area (Å²) >= 11 is 0. The number of rotatable bonds is 3. The highest BCUT2D eigenvalue weighted by molar-refractivity contribution is 5.97. The molecule has 0 radical (unpaired) electrons. The lowest BCUT2D eigenvalue weighted by Gasteiger charge is -2.23. The summed E-state index contributed by atoms with van der Waals surface area (Å²) in [6.45, 7) is 6.20. The number of nitrogens with two attached hydrogens (primary N) is 1. The lowest BCUT2D eigenvalue weighted by Crippen LogP contribution is -2.22. The fourth-order valence-corrected chi connectivity index (χ4v) is 2.00. The van der Waals surface area contributed by atoms with Crippen LogP contribution in [0.15, 0.2) is 30.5 Å². The van der Waals surface area contributed by atoms with Crippen molar-refractivity contribution in [1.82, 2.24) is 4.98 Å². The minimum absolute atomic E-state index is 0.828. The van der Waals surface area contributed by atoms with Gasteiger partial charge in [0.15, 0.2) is 0 Å². The molecule has 0 aliphatic rings. The Kier molecular flexibility index (Phi) is 2.95.